The summed E-state index contributed by atoms with van der Waals surface area (Å²) in [5, 5.41) is 3.19. The second-order valence-corrected chi connectivity index (χ2v) is 7.39. The lowest BCUT2D eigenvalue weighted by Gasteiger charge is -2.10. The Labute approximate surface area is 152 Å². The summed E-state index contributed by atoms with van der Waals surface area (Å²) in [5.74, 6) is 0.994. The molecule has 134 valence electrons. The number of sulfonamides is 1. The molecule has 26 heavy (non-hydrogen) atoms. The first-order valence-electron chi connectivity index (χ1n) is 7.93. The van der Waals surface area contributed by atoms with Crippen LogP contribution < -0.4 is 14.8 Å². The summed E-state index contributed by atoms with van der Waals surface area (Å²) >= 11 is 0. The molecule has 0 aliphatic carbocycles. The highest BCUT2D eigenvalue weighted by atomic mass is 32.2. The standard InChI is InChI=1S/C19H19N3O3S/c1-14-5-3-8-18(11-14)26(23,24)22-19-10-9-16(13-20-19)21-15-6-4-7-17(12-15)25-2/h3-13,21H,1-2H3,(H,20,22). The number of pyridine rings is 1. The number of ether oxygens (including phenoxy) is 1. The number of aromatic nitrogens is 1. The van der Waals surface area contributed by atoms with Crippen molar-refractivity contribution in [1.29, 1.82) is 0 Å². The Morgan fingerprint density at radius 2 is 1.77 bits per heavy atom. The summed E-state index contributed by atoms with van der Waals surface area (Å²) < 4.78 is 32.5. The predicted octanol–water partition coefficient (Wildman–Crippen LogP) is 3.94. The molecule has 3 aromatic rings. The summed E-state index contributed by atoms with van der Waals surface area (Å²) in [6.07, 6.45) is 1.56. The van der Waals surface area contributed by atoms with Gasteiger partial charge in [-0.25, -0.2) is 13.4 Å². The Kier molecular flexibility index (Phi) is 5.09. The SMILES string of the molecule is COc1cccc(Nc2ccc(NS(=O)(=O)c3cccc(C)c3)nc2)c1. The Morgan fingerprint density at radius 1 is 0.962 bits per heavy atom. The lowest BCUT2D eigenvalue weighted by molar-refractivity contribution is 0.415. The van der Waals surface area contributed by atoms with Gasteiger partial charge in [-0.1, -0.05) is 18.2 Å². The van der Waals surface area contributed by atoms with Crippen molar-refractivity contribution >= 4 is 27.2 Å². The molecule has 6 nitrogen and oxygen atoms in total. The van der Waals surface area contributed by atoms with Gasteiger partial charge in [-0.15, -0.1) is 0 Å². The molecule has 0 spiro atoms. The molecule has 0 radical (unpaired) electrons. The van der Waals surface area contributed by atoms with Gasteiger partial charge in [0.25, 0.3) is 10.0 Å². The molecular weight excluding hydrogens is 350 g/mol. The molecule has 0 bridgehead atoms. The Morgan fingerprint density at radius 3 is 2.46 bits per heavy atom. The van der Waals surface area contributed by atoms with Crippen LogP contribution in [0.5, 0.6) is 5.75 Å². The van der Waals surface area contributed by atoms with Gasteiger partial charge in [0.2, 0.25) is 0 Å². The minimum atomic E-state index is -3.67. The summed E-state index contributed by atoms with van der Waals surface area (Å²) in [5.41, 5.74) is 2.45. The third-order valence-electron chi connectivity index (χ3n) is 3.66. The number of methoxy groups -OCH3 is 1. The first-order valence-corrected chi connectivity index (χ1v) is 9.41. The smallest absolute Gasteiger partial charge is 0.263 e. The minimum absolute atomic E-state index is 0.206. The topological polar surface area (TPSA) is 80.3 Å². The van der Waals surface area contributed by atoms with Crippen LogP contribution in [-0.2, 0) is 10.0 Å². The number of nitrogens with one attached hydrogen (secondary N) is 2. The fourth-order valence-corrected chi connectivity index (χ4v) is 3.49. The van der Waals surface area contributed by atoms with E-state index >= 15 is 0 Å². The fourth-order valence-electron chi connectivity index (χ4n) is 2.37. The van der Waals surface area contributed by atoms with E-state index in [-0.39, 0.29) is 10.7 Å². The number of anilines is 3. The van der Waals surface area contributed by atoms with E-state index in [1.165, 1.54) is 0 Å². The van der Waals surface area contributed by atoms with Crippen LogP contribution in [0.25, 0.3) is 0 Å². The van der Waals surface area contributed by atoms with Crippen molar-refractivity contribution in [1.82, 2.24) is 4.98 Å². The highest BCUT2D eigenvalue weighted by molar-refractivity contribution is 7.92. The Bertz CT molecular complexity index is 1000. The molecule has 0 fully saturated rings. The van der Waals surface area contributed by atoms with E-state index in [4.69, 9.17) is 4.74 Å². The van der Waals surface area contributed by atoms with E-state index in [9.17, 15) is 8.42 Å². The molecule has 2 N–H and O–H groups in total. The van der Waals surface area contributed by atoms with E-state index in [0.29, 0.717) is 0 Å². The van der Waals surface area contributed by atoms with Gasteiger partial charge in [0.15, 0.2) is 0 Å². The van der Waals surface area contributed by atoms with Gasteiger partial charge in [-0.3, -0.25) is 4.72 Å². The number of rotatable bonds is 6. The summed E-state index contributed by atoms with van der Waals surface area (Å²) in [4.78, 5) is 4.37. The highest BCUT2D eigenvalue weighted by Gasteiger charge is 2.14. The van der Waals surface area contributed by atoms with Crippen molar-refractivity contribution in [3.05, 3.63) is 72.4 Å². The molecule has 3 rings (SSSR count). The fraction of sp³-hybridized carbons (Fsp3) is 0.105. The van der Waals surface area contributed by atoms with Gasteiger partial charge in [-0.05, 0) is 48.9 Å². The maximum atomic E-state index is 12.4. The summed E-state index contributed by atoms with van der Waals surface area (Å²) in [6.45, 7) is 1.84. The molecule has 1 aromatic heterocycles. The van der Waals surface area contributed by atoms with Crippen molar-refractivity contribution in [2.75, 3.05) is 17.1 Å². The minimum Gasteiger partial charge on any atom is -0.497 e. The quantitative estimate of drug-likeness (QED) is 0.688. The van der Waals surface area contributed by atoms with Gasteiger partial charge in [-0.2, -0.15) is 0 Å². The second kappa shape index (κ2) is 7.45. The van der Waals surface area contributed by atoms with Gasteiger partial charge in [0.05, 0.1) is 23.9 Å². The summed E-state index contributed by atoms with van der Waals surface area (Å²) in [6, 6.07) is 17.6. The lowest BCUT2D eigenvalue weighted by Crippen LogP contribution is -2.14. The van der Waals surface area contributed by atoms with E-state index in [2.05, 4.69) is 15.0 Å². The lowest BCUT2D eigenvalue weighted by atomic mass is 10.2. The predicted molar refractivity (Wildman–Crippen MR) is 103 cm³/mol. The third kappa shape index (κ3) is 4.31. The van der Waals surface area contributed by atoms with Crippen molar-refractivity contribution in [3.8, 4) is 5.75 Å². The van der Waals surface area contributed by atoms with Gasteiger partial charge >= 0.3 is 0 Å². The van der Waals surface area contributed by atoms with Crippen molar-refractivity contribution in [3.63, 3.8) is 0 Å². The first kappa shape index (κ1) is 17.8. The van der Waals surface area contributed by atoms with Crippen LogP contribution in [-0.4, -0.2) is 20.5 Å². The molecule has 7 heteroatoms. The van der Waals surface area contributed by atoms with Crippen LogP contribution in [0, 0.1) is 6.92 Å². The van der Waals surface area contributed by atoms with E-state index in [1.807, 2.05) is 37.3 Å². The van der Waals surface area contributed by atoms with Gasteiger partial charge < -0.3 is 10.1 Å². The molecule has 0 aliphatic heterocycles. The summed E-state index contributed by atoms with van der Waals surface area (Å²) in [7, 11) is -2.06. The number of nitrogens with zero attached hydrogens (tertiary/aromatic N) is 1. The van der Waals surface area contributed by atoms with Crippen LogP contribution in [0.15, 0.2) is 71.8 Å². The first-order chi connectivity index (χ1) is 12.5. The molecule has 0 unspecified atom stereocenters. The molecule has 1 heterocycles. The molecular formula is C19H19N3O3S. The van der Waals surface area contributed by atoms with Crippen LogP contribution in [0.3, 0.4) is 0 Å². The van der Waals surface area contributed by atoms with E-state index in [1.54, 1.807) is 43.6 Å². The van der Waals surface area contributed by atoms with E-state index in [0.717, 1.165) is 22.7 Å². The van der Waals surface area contributed by atoms with Crippen LogP contribution >= 0.6 is 0 Å². The zero-order valence-electron chi connectivity index (χ0n) is 14.4. The Hall–Kier alpha value is -3.06. The zero-order chi connectivity index (χ0) is 18.6. The molecule has 0 aliphatic rings. The highest BCUT2D eigenvalue weighted by Crippen LogP contribution is 2.22. The normalized spacial score (nSPS) is 11.0. The van der Waals surface area contributed by atoms with Crippen molar-refractivity contribution in [2.24, 2.45) is 0 Å². The van der Waals surface area contributed by atoms with Crippen LogP contribution in [0.4, 0.5) is 17.2 Å². The molecule has 0 saturated heterocycles. The average Bonchev–Trinajstić information content (AvgIpc) is 2.63. The second-order valence-electron chi connectivity index (χ2n) is 5.71. The maximum absolute atomic E-state index is 12.4. The van der Waals surface area contributed by atoms with Crippen LogP contribution in [0.2, 0.25) is 0 Å². The van der Waals surface area contributed by atoms with Crippen molar-refractivity contribution in [2.45, 2.75) is 11.8 Å². The number of hydrogen-bond acceptors (Lipinski definition) is 5. The largest absolute Gasteiger partial charge is 0.497 e. The number of aryl methyl sites for hydroxylation is 1. The maximum Gasteiger partial charge on any atom is 0.263 e. The van der Waals surface area contributed by atoms with Crippen molar-refractivity contribution < 1.29 is 13.2 Å². The number of benzene rings is 2. The zero-order valence-corrected chi connectivity index (χ0v) is 15.2. The van der Waals surface area contributed by atoms with Crippen LogP contribution in [0.1, 0.15) is 5.56 Å². The average molecular weight is 369 g/mol. The molecule has 0 atom stereocenters. The molecule has 0 saturated carbocycles. The van der Waals surface area contributed by atoms with Gasteiger partial charge in [0, 0.05) is 11.8 Å². The van der Waals surface area contributed by atoms with Gasteiger partial charge in [0.1, 0.15) is 11.6 Å². The monoisotopic (exact) mass is 369 g/mol. The number of hydrogen-bond donors (Lipinski definition) is 2. The molecule has 0 amide bonds. The molecule has 2 aromatic carbocycles. The third-order valence-corrected chi connectivity index (χ3v) is 5.01. The van der Waals surface area contributed by atoms with E-state index < -0.39 is 10.0 Å². The Balaban J connectivity index is 1.73.